The highest BCUT2D eigenvalue weighted by Gasteiger charge is 2.33. The summed E-state index contributed by atoms with van der Waals surface area (Å²) in [5.41, 5.74) is 0.660. The Morgan fingerprint density at radius 3 is 2.60 bits per heavy atom. The third-order valence-electron chi connectivity index (χ3n) is 5.37. The number of hydrogen-bond acceptors (Lipinski definition) is 3. The van der Waals surface area contributed by atoms with Crippen LogP contribution in [0.2, 0.25) is 0 Å². The number of sulfonamides is 1. The summed E-state index contributed by atoms with van der Waals surface area (Å²) >= 11 is 0. The Kier molecular flexibility index (Phi) is 7.20. The van der Waals surface area contributed by atoms with Crippen molar-refractivity contribution in [2.24, 2.45) is 5.92 Å². The molecule has 1 fully saturated rings. The number of aryl methyl sites for hydroxylation is 1. The number of piperidine rings is 1. The molecule has 0 saturated carbocycles. The molecule has 5 nitrogen and oxygen atoms in total. The first-order chi connectivity index (χ1) is 14.3. The van der Waals surface area contributed by atoms with E-state index in [0.29, 0.717) is 37.8 Å². The lowest BCUT2D eigenvalue weighted by Gasteiger charge is -2.31. The van der Waals surface area contributed by atoms with Gasteiger partial charge in [-0.15, -0.1) is 0 Å². The van der Waals surface area contributed by atoms with Crippen LogP contribution < -0.4 is 5.32 Å². The smallest absolute Gasteiger partial charge is 0.243 e. The van der Waals surface area contributed by atoms with Crippen LogP contribution in [0.3, 0.4) is 0 Å². The van der Waals surface area contributed by atoms with Crippen molar-refractivity contribution >= 4 is 15.9 Å². The first kappa shape index (κ1) is 22.4. The summed E-state index contributed by atoms with van der Waals surface area (Å²) < 4.78 is 53.4. The van der Waals surface area contributed by atoms with Crippen LogP contribution >= 0.6 is 0 Å². The Bertz CT molecular complexity index is 983. The van der Waals surface area contributed by atoms with Crippen LogP contribution in [-0.2, 0) is 21.2 Å². The SMILES string of the molecule is CC(CCc1ccc(F)c(F)c1)NC(=O)C1CCCN(S(=O)(=O)c2ccccc2)C1. The molecule has 0 spiro atoms. The van der Waals surface area contributed by atoms with Gasteiger partial charge >= 0.3 is 0 Å². The molecule has 2 atom stereocenters. The van der Waals surface area contributed by atoms with Crippen molar-refractivity contribution in [1.82, 2.24) is 9.62 Å². The van der Waals surface area contributed by atoms with Crippen molar-refractivity contribution in [1.29, 1.82) is 0 Å². The van der Waals surface area contributed by atoms with Crippen LogP contribution in [-0.4, -0.2) is 37.8 Å². The van der Waals surface area contributed by atoms with Gasteiger partial charge in [0.05, 0.1) is 10.8 Å². The van der Waals surface area contributed by atoms with Gasteiger partial charge in [-0.05, 0) is 62.4 Å². The lowest BCUT2D eigenvalue weighted by Crippen LogP contribution is -2.47. The molecular formula is C22H26F2N2O3S. The van der Waals surface area contributed by atoms with Crippen molar-refractivity contribution < 1.29 is 22.0 Å². The van der Waals surface area contributed by atoms with E-state index in [4.69, 9.17) is 0 Å². The van der Waals surface area contributed by atoms with Crippen molar-refractivity contribution in [2.45, 2.75) is 43.5 Å². The van der Waals surface area contributed by atoms with Gasteiger partial charge in [0.1, 0.15) is 0 Å². The van der Waals surface area contributed by atoms with Crippen LogP contribution in [0, 0.1) is 17.6 Å². The second-order valence-corrected chi connectivity index (χ2v) is 9.65. The predicted molar refractivity (Wildman–Crippen MR) is 110 cm³/mol. The van der Waals surface area contributed by atoms with E-state index in [0.717, 1.165) is 12.1 Å². The Morgan fingerprint density at radius 1 is 1.17 bits per heavy atom. The lowest BCUT2D eigenvalue weighted by molar-refractivity contribution is -0.126. The highest BCUT2D eigenvalue weighted by atomic mass is 32.2. The second-order valence-electron chi connectivity index (χ2n) is 7.71. The van der Waals surface area contributed by atoms with Gasteiger partial charge in [0, 0.05) is 19.1 Å². The monoisotopic (exact) mass is 436 g/mol. The number of rotatable bonds is 7. The zero-order chi connectivity index (χ0) is 21.7. The molecule has 2 unspecified atom stereocenters. The minimum absolute atomic E-state index is 0.152. The van der Waals surface area contributed by atoms with E-state index in [1.54, 1.807) is 30.3 Å². The predicted octanol–water partition coefficient (Wildman–Crippen LogP) is 3.50. The van der Waals surface area contributed by atoms with Gasteiger partial charge in [-0.1, -0.05) is 24.3 Å². The lowest BCUT2D eigenvalue weighted by atomic mass is 9.98. The van der Waals surface area contributed by atoms with Gasteiger partial charge in [-0.3, -0.25) is 4.79 Å². The van der Waals surface area contributed by atoms with Gasteiger partial charge < -0.3 is 5.32 Å². The molecule has 1 aliphatic heterocycles. The Hall–Kier alpha value is -2.32. The summed E-state index contributed by atoms with van der Waals surface area (Å²) in [5.74, 6) is -2.36. The van der Waals surface area contributed by atoms with Crippen molar-refractivity contribution in [3.8, 4) is 0 Å². The van der Waals surface area contributed by atoms with Gasteiger partial charge in [0.25, 0.3) is 0 Å². The van der Waals surface area contributed by atoms with Crippen molar-refractivity contribution in [3.63, 3.8) is 0 Å². The molecule has 1 amide bonds. The van der Waals surface area contributed by atoms with Crippen molar-refractivity contribution in [2.75, 3.05) is 13.1 Å². The summed E-state index contributed by atoms with van der Waals surface area (Å²) in [6.45, 7) is 2.39. The largest absolute Gasteiger partial charge is 0.353 e. The molecule has 0 bridgehead atoms. The first-order valence-electron chi connectivity index (χ1n) is 10.1. The molecule has 0 aliphatic carbocycles. The fourth-order valence-corrected chi connectivity index (χ4v) is 5.17. The second kappa shape index (κ2) is 9.66. The third kappa shape index (κ3) is 5.43. The molecule has 2 aromatic rings. The maximum Gasteiger partial charge on any atom is 0.243 e. The Balaban J connectivity index is 1.55. The summed E-state index contributed by atoms with van der Waals surface area (Å²) in [7, 11) is -3.62. The highest BCUT2D eigenvalue weighted by molar-refractivity contribution is 7.89. The number of nitrogens with one attached hydrogen (secondary N) is 1. The molecule has 1 saturated heterocycles. The molecule has 30 heavy (non-hydrogen) atoms. The molecule has 3 rings (SSSR count). The van der Waals surface area contributed by atoms with Crippen LogP contribution in [0.25, 0.3) is 0 Å². The van der Waals surface area contributed by atoms with Gasteiger partial charge in [0.2, 0.25) is 15.9 Å². The Labute approximate surface area is 176 Å². The molecule has 1 N–H and O–H groups in total. The van der Waals surface area contributed by atoms with Gasteiger partial charge in [0.15, 0.2) is 11.6 Å². The fraction of sp³-hybridized carbons (Fsp3) is 0.409. The van der Waals surface area contributed by atoms with Gasteiger partial charge in [-0.2, -0.15) is 4.31 Å². The summed E-state index contributed by atoms with van der Waals surface area (Å²) in [5, 5.41) is 2.93. The molecule has 0 radical (unpaired) electrons. The van der Waals surface area contributed by atoms with Gasteiger partial charge in [-0.25, -0.2) is 17.2 Å². The van der Waals surface area contributed by atoms with E-state index in [-0.39, 0.29) is 23.4 Å². The molecule has 0 aromatic heterocycles. The molecule has 2 aromatic carbocycles. The molecule has 1 heterocycles. The topological polar surface area (TPSA) is 66.5 Å². The number of amides is 1. The quantitative estimate of drug-likeness (QED) is 0.723. The first-order valence-corrected chi connectivity index (χ1v) is 11.5. The number of nitrogens with zero attached hydrogens (tertiary/aromatic N) is 1. The summed E-state index contributed by atoms with van der Waals surface area (Å²) in [6.07, 6.45) is 2.31. The summed E-state index contributed by atoms with van der Waals surface area (Å²) in [4.78, 5) is 12.9. The molecular weight excluding hydrogens is 410 g/mol. The zero-order valence-corrected chi connectivity index (χ0v) is 17.7. The van der Waals surface area contributed by atoms with E-state index in [1.807, 2.05) is 6.92 Å². The maximum atomic E-state index is 13.3. The average molecular weight is 437 g/mol. The van der Waals surface area contributed by atoms with Crippen LogP contribution in [0.4, 0.5) is 8.78 Å². The van der Waals surface area contributed by atoms with Crippen molar-refractivity contribution in [3.05, 3.63) is 65.7 Å². The number of carbonyl (C=O) groups excluding carboxylic acids is 1. The maximum absolute atomic E-state index is 13.3. The normalized spacial score (nSPS) is 18.7. The van der Waals surface area contributed by atoms with E-state index >= 15 is 0 Å². The standard InChI is InChI=1S/C22H26F2N2O3S/c1-16(9-10-17-11-12-20(23)21(24)14-17)25-22(27)18-6-5-13-26(15-18)30(28,29)19-7-3-2-4-8-19/h2-4,7-8,11-12,14,16,18H,5-6,9-10,13,15H2,1H3,(H,25,27). The minimum Gasteiger partial charge on any atom is -0.353 e. The molecule has 162 valence electrons. The number of carbonyl (C=O) groups is 1. The molecule has 1 aliphatic rings. The van der Waals surface area contributed by atoms with Crippen LogP contribution in [0.15, 0.2) is 53.4 Å². The zero-order valence-electron chi connectivity index (χ0n) is 16.9. The minimum atomic E-state index is -3.62. The van der Waals surface area contributed by atoms with E-state index in [1.165, 1.54) is 10.4 Å². The molecule has 8 heteroatoms. The highest BCUT2D eigenvalue weighted by Crippen LogP contribution is 2.24. The Morgan fingerprint density at radius 2 is 1.90 bits per heavy atom. The fourth-order valence-electron chi connectivity index (χ4n) is 3.63. The number of hydrogen-bond donors (Lipinski definition) is 1. The van der Waals surface area contributed by atoms with Crippen LogP contribution in [0.1, 0.15) is 31.7 Å². The van der Waals surface area contributed by atoms with E-state index in [2.05, 4.69) is 5.32 Å². The van der Waals surface area contributed by atoms with Crippen LogP contribution in [0.5, 0.6) is 0 Å². The average Bonchev–Trinajstić information content (AvgIpc) is 2.75. The summed E-state index contributed by atoms with van der Waals surface area (Å²) in [6, 6.07) is 11.8. The van der Waals surface area contributed by atoms with E-state index < -0.39 is 27.6 Å². The van der Waals surface area contributed by atoms with E-state index in [9.17, 15) is 22.0 Å². The number of halogens is 2. The number of benzene rings is 2. The third-order valence-corrected chi connectivity index (χ3v) is 7.25.